The van der Waals surface area contributed by atoms with Gasteiger partial charge in [-0.1, -0.05) is 41.7 Å². The second kappa shape index (κ2) is 20.3. The number of aliphatic hydroxyl groups is 4. The van der Waals surface area contributed by atoms with Crippen molar-refractivity contribution in [1.29, 1.82) is 0 Å². The summed E-state index contributed by atoms with van der Waals surface area (Å²) in [5, 5.41) is 39.8. The Balaban J connectivity index is 1.13. The summed E-state index contributed by atoms with van der Waals surface area (Å²) in [7, 11) is 0. The molecule has 2 aliphatic carbocycles. The summed E-state index contributed by atoms with van der Waals surface area (Å²) < 4.78 is 16.1. The molecule has 5 rings (SSSR count). The minimum atomic E-state index is -1.59. The Morgan fingerprint density at radius 1 is 1.04 bits per heavy atom. The molecule has 52 heavy (non-hydrogen) atoms. The largest absolute Gasteiger partial charge is 0.490 e. The van der Waals surface area contributed by atoms with Crippen LogP contribution in [0, 0.1) is 0 Å². The third-order valence-electron chi connectivity index (χ3n) is 9.44. The number of carbonyl (C=O) groups excluding carboxylic acids is 1. The highest BCUT2D eigenvalue weighted by atomic mass is 35.5. The SMILES string of the molecule is CSNCCCCN(CCCCSc1ccc(Cl)c(COC2(c3cnccc3-c3ccccc3OC3CC3)CC2)c1)C(=O)CC(O)C(O)C(O)CO. The summed E-state index contributed by atoms with van der Waals surface area (Å²) in [6.07, 6.45) is 8.46. The molecule has 10 nitrogen and oxygen atoms in total. The van der Waals surface area contributed by atoms with Gasteiger partial charge in [0.2, 0.25) is 5.91 Å². The molecule has 1 aromatic heterocycles. The molecule has 2 aromatic carbocycles. The van der Waals surface area contributed by atoms with Crippen LogP contribution in [-0.2, 0) is 21.7 Å². The lowest BCUT2D eigenvalue weighted by molar-refractivity contribution is -0.138. The van der Waals surface area contributed by atoms with Gasteiger partial charge in [0.15, 0.2) is 0 Å². The number of aromatic nitrogens is 1. The molecule has 2 aliphatic rings. The molecule has 1 amide bonds. The smallest absolute Gasteiger partial charge is 0.225 e. The number of aliphatic hydroxyl groups excluding tert-OH is 4. The van der Waals surface area contributed by atoms with Crippen molar-refractivity contribution in [3.05, 3.63) is 77.1 Å². The van der Waals surface area contributed by atoms with Gasteiger partial charge in [0.25, 0.3) is 0 Å². The van der Waals surface area contributed by atoms with Crippen LogP contribution in [0.1, 0.15) is 68.9 Å². The Bertz CT molecular complexity index is 1580. The fraction of sp³-hybridized carbons (Fsp3) is 0.538. The summed E-state index contributed by atoms with van der Waals surface area (Å²) >= 11 is 9.95. The molecule has 13 heteroatoms. The van der Waals surface area contributed by atoms with Gasteiger partial charge in [0.1, 0.15) is 18.0 Å². The maximum absolute atomic E-state index is 13.1. The van der Waals surface area contributed by atoms with Gasteiger partial charge in [-0.25, -0.2) is 0 Å². The van der Waals surface area contributed by atoms with E-state index in [0.717, 1.165) is 96.6 Å². The second-order valence-electron chi connectivity index (χ2n) is 13.5. The first kappa shape index (κ1) is 40.8. The summed E-state index contributed by atoms with van der Waals surface area (Å²) in [4.78, 5) is 20.4. The molecular formula is C39H52ClN3O7S2. The molecule has 284 valence electrons. The standard InChI is InChI=1S/C39H52ClN3O7S2/c1-51-42-17-4-5-19-43(37(47)23-34(45)38(48)35(46)25-44)20-6-7-21-52-29-12-13-33(40)27(22-29)26-49-39(15-16-39)32-24-41-18-14-30(32)31-8-2-3-9-36(31)50-28-10-11-28/h2-3,8-9,12-14,18,22,24,28,34-35,38,42,44-46,48H,4-7,10-11,15-17,19-21,23,25-26H2,1H3. The molecule has 0 saturated heterocycles. The summed E-state index contributed by atoms with van der Waals surface area (Å²) in [5.41, 5.74) is 3.72. The lowest BCUT2D eigenvalue weighted by Gasteiger charge is -2.26. The van der Waals surface area contributed by atoms with Gasteiger partial charge in [-0.3, -0.25) is 14.5 Å². The van der Waals surface area contributed by atoms with Gasteiger partial charge >= 0.3 is 0 Å². The summed E-state index contributed by atoms with van der Waals surface area (Å²) in [6, 6.07) is 16.3. The molecule has 3 unspecified atom stereocenters. The van der Waals surface area contributed by atoms with Crippen LogP contribution in [0.5, 0.6) is 5.75 Å². The zero-order valence-corrected chi connectivity index (χ0v) is 32.2. The highest BCUT2D eigenvalue weighted by Crippen LogP contribution is 2.53. The van der Waals surface area contributed by atoms with Crippen molar-refractivity contribution >= 4 is 41.2 Å². The van der Waals surface area contributed by atoms with Crippen LogP contribution in [0.4, 0.5) is 0 Å². The number of hydrogen-bond acceptors (Lipinski definition) is 11. The molecule has 0 spiro atoms. The molecule has 0 bridgehead atoms. The van der Waals surface area contributed by atoms with Crippen LogP contribution in [0.15, 0.2) is 65.8 Å². The topological polar surface area (TPSA) is 145 Å². The average Bonchev–Trinajstić information content (AvgIpc) is 4.11. The Kier molecular flexibility index (Phi) is 16.0. The van der Waals surface area contributed by atoms with E-state index >= 15 is 0 Å². The van der Waals surface area contributed by atoms with Gasteiger partial charge in [0.05, 0.1) is 37.4 Å². The van der Waals surface area contributed by atoms with E-state index in [1.807, 2.05) is 49.0 Å². The molecule has 1 heterocycles. The number of unbranched alkanes of at least 4 members (excludes halogenated alkanes) is 2. The fourth-order valence-electron chi connectivity index (χ4n) is 6.07. The van der Waals surface area contributed by atoms with Crippen molar-refractivity contribution in [3.8, 4) is 16.9 Å². The molecular weight excluding hydrogens is 722 g/mol. The zero-order chi connectivity index (χ0) is 36.9. The second-order valence-corrected chi connectivity index (χ2v) is 15.8. The van der Waals surface area contributed by atoms with Crippen molar-refractivity contribution in [3.63, 3.8) is 0 Å². The maximum Gasteiger partial charge on any atom is 0.225 e. The first-order chi connectivity index (χ1) is 25.2. The van der Waals surface area contributed by atoms with E-state index in [1.165, 1.54) is 0 Å². The van der Waals surface area contributed by atoms with Crippen molar-refractivity contribution in [2.24, 2.45) is 0 Å². The molecule has 5 N–H and O–H groups in total. The van der Waals surface area contributed by atoms with E-state index in [9.17, 15) is 20.1 Å². The van der Waals surface area contributed by atoms with Crippen LogP contribution in [0.25, 0.3) is 11.1 Å². The van der Waals surface area contributed by atoms with E-state index in [-0.39, 0.29) is 12.3 Å². The Hall–Kier alpha value is -2.39. The molecule has 3 aromatic rings. The predicted octanol–water partition coefficient (Wildman–Crippen LogP) is 5.96. The van der Waals surface area contributed by atoms with Crippen LogP contribution in [-0.4, -0.2) is 98.9 Å². The van der Waals surface area contributed by atoms with E-state index in [4.69, 9.17) is 26.2 Å². The number of nitrogens with one attached hydrogen (secondary N) is 1. The normalized spacial score (nSPS) is 16.7. The lowest BCUT2D eigenvalue weighted by atomic mass is 9.96. The third kappa shape index (κ3) is 11.8. The molecule has 0 radical (unpaired) electrons. The number of halogens is 1. The molecule has 0 aliphatic heterocycles. The highest BCUT2D eigenvalue weighted by molar-refractivity contribution is 7.99. The van der Waals surface area contributed by atoms with E-state index in [1.54, 1.807) is 28.6 Å². The molecule has 2 saturated carbocycles. The number of benzene rings is 2. The first-order valence-corrected chi connectivity index (χ1v) is 20.8. The molecule has 2 fully saturated rings. The summed E-state index contributed by atoms with van der Waals surface area (Å²) in [6.45, 7) is 1.57. The van der Waals surface area contributed by atoms with Crippen molar-refractivity contribution in [2.45, 2.75) is 99.3 Å². The van der Waals surface area contributed by atoms with Gasteiger partial charge in [-0.05, 0) is 105 Å². The number of pyridine rings is 1. The van der Waals surface area contributed by atoms with Gasteiger partial charge in [0, 0.05) is 53.1 Å². The number of thioether (sulfide) groups is 1. The monoisotopic (exact) mass is 773 g/mol. The number of rotatable bonds is 24. The number of carbonyl (C=O) groups is 1. The number of ether oxygens (including phenoxy) is 2. The van der Waals surface area contributed by atoms with Crippen molar-refractivity contribution in [1.82, 2.24) is 14.6 Å². The van der Waals surface area contributed by atoms with Crippen molar-refractivity contribution < 1.29 is 34.7 Å². The number of nitrogens with zero attached hydrogens (tertiary/aromatic N) is 2. The van der Waals surface area contributed by atoms with Gasteiger partial charge in [-0.2, -0.15) is 0 Å². The number of para-hydroxylation sites is 1. The Morgan fingerprint density at radius 2 is 1.81 bits per heavy atom. The predicted molar refractivity (Wildman–Crippen MR) is 207 cm³/mol. The van der Waals surface area contributed by atoms with E-state index in [2.05, 4.69) is 27.9 Å². The minimum Gasteiger partial charge on any atom is -0.490 e. The Morgan fingerprint density at radius 3 is 2.54 bits per heavy atom. The van der Waals surface area contributed by atoms with Crippen LogP contribution in [0.2, 0.25) is 5.02 Å². The van der Waals surface area contributed by atoms with Crippen molar-refractivity contribution in [2.75, 3.05) is 38.2 Å². The van der Waals surface area contributed by atoms with Crippen LogP contribution in [0.3, 0.4) is 0 Å². The third-order valence-corrected chi connectivity index (χ3v) is 11.4. The lowest BCUT2D eigenvalue weighted by Crippen LogP contribution is -2.43. The molecule has 3 atom stereocenters. The van der Waals surface area contributed by atoms with Crippen LogP contribution < -0.4 is 9.46 Å². The van der Waals surface area contributed by atoms with Gasteiger partial charge in [-0.15, -0.1) is 11.8 Å². The Labute approximate surface area is 320 Å². The highest BCUT2D eigenvalue weighted by Gasteiger charge is 2.48. The average molecular weight is 774 g/mol. The fourth-order valence-corrected chi connectivity index (χ4v) is 7.57. The maximum atomic E-state index is 13.1. The quantitative estimate of drug-likeness (QED) is 0.0418. The number of hydrogen-bond donors (Lipinski definition) is 5. The summed E-state index contributed by atoms with van der Waals surface area (Å²) in [5.74, 6) is 1.46. The first-order valence-electron chi connectivity index (χ1n) is 18.2. The van der Waals surface area contributed by atoms with Gasteiger partial charge < -0.3 is 34.8 Å². The zero-order valence-electron chi connectivity index (χ0n) is 29.8. The van der Waals surface area contributed by atoms with Crippen LogP contribution >= 0.6 is 35.3 Å². The van der Waals surface area contributed by atoms with E-state index < -0.39 is 30.5 Å². The van der Waals surface area contributed by atoms with E-state index in [0.29, 0.717) is 30.8 Å². The number of amides is 1. The minimum absolute atomic E-state index is 0.285.